The van der Waals surface area contributed by atoms with Crippen molar-refractivity contribution in [2.45, 2.75) is 35.5 Å². The number of benzene rings is 1. The first-order chi connectivity index (χ1) is 16.0. The van der Waals surface area contributed by atoms with Crippen molar-refractivity contribution in [1.29, 1.82) is 0 Å². The molecule has 0 atom stereocenters. The summed E-state index contributed by atoms with van der Waals surface area (Å²) in [7, 11) is -3.67. The molecule has 1 N–H and O–H groups in total. The van der Waals surface area contributed by atoms with Crippen LogP contribution in [0.4, 0.5) is 5.69 Å². The Morgan fingerprint density at radius 1 is 0.970 bits per heavy atom. The van der Waals surface area contributed by atoms with E-state index in [-0.39, 0.29) is 15.6 Å². The van der Waals surface area contributed by atoms with Gasteiger partial charge in [0.2, 0.25) is 9.84 Å². The molecule has 0 saturated carbocycles. The summed E-state index contributed by atoms with van der Waals surface area (Å²) in [5.41, 5.74) is 2.91. The molecule has 0 aliphatic carbocycles. The van der Waals surface area contributed by atoms with Crippen LogP contribution in [-0.2, 0) is 16.3 Å². The first kappa shape index (κ1) is 21.3. The maximum Gasteiger partial charge on any atom is 0.208 e. The number of aromatic amines is 1. The third kappa shape index (κ3) is 4.36. The van der Waals surface area contributed by atoms with E-state index in [0.717, 1.165) is 42.6 Å². The van der Waals surface area contributed by atoms with Gasteiger partial charge in [0.05, 0.1) is 27.9 Å². The molecular formula is C24H23N5O3S. The summed E-state index contributed by atoms with van der Waals surface area (Å²) in [6, 6.07) is 10.2. The molecule has 33 heavy (non-hydrogen) atoms. The van der Waals surface area contributed by atoms with Crippen LogP contribution in [0.5, 0.6) is 0 Å². The maximum atomic E-state index is 13.1. The summed E-state index contributed by atoms with van der Waals surface area (Å²) in [5.74, 6) is -0.0212. The first-order valence-electron chi connectivity index (χ1n) is 10.9. The number of aromatic nitrogens is 4. The Balaban J connectivity index is 1.27. The smallest absolute Gasteiger partial charge is 0.208 e. The average molecular weight is 462 g/mol. The molecule has 1 aromatic carbocycles. The van der Waals surface area contributed by atoms with E-state index in [2.05, 4.69) is 25.1 Å². The Kier molecular flexibility index (Phi) is 5.63. The lowest BCUT2D eigenvalue weighted by atomic mass is 10.0. The molecule has 4 aromatic rings. The number of H-pyrrole nitrogens is 1. The molecule has 0 radical (unpaired) electrons. The molecule has 1 aliphatic rings. The quantitative estimate of drug-likeness (QED) is 0.419. The van der Waals surface area contributed by atoms with Crippen LogP contribution in [0.2, 0.25) is 0 Å². The summed E-state index contributed by atoms with van der Waals surface area (Å²) < 4.78 is 26.2. The van der Waals surface area contributed by atoms with Crippen LogP contribution < -0.4 is 4.90 Å². The number of carbonyl (C=O) groups excluding carboxylic acids is 1. The van der Waals surface area contributed by atoms with E-state index in [9.17, 15) is 13.2 Å². The predicted molar refractivity (Wildman–Crippen MR) is 124 cm³/mol. The van der Waals surface area contributed by atoms with Gasteiger partial charge in [-0.25, -0.2) is 13.4 Å². The summed E-state index contributed by atoms with van der Waals surface area (Å²) in [4.78, 5) is 23.5. The fourth-order valence-electron chi connectivity index (χ4n) is 4.07. The van der Waals surface area contributed by atoms with E-state index in [1.807, 2.05) is 0 Å². The molecule has 4 heterocycles. The lowest BCUT2D eigenvalue weighted by Crippen LogP contribution is -2.18. The molecule has 168 valence electrons. The number of hydrogen-bond acceptors (Lipinski definition) is 7. The van der Waals surface area contributed by atoms with Gasteiger partial charge in [0.25, 0.3) is 0 Å². The standard InChI is InChI=1S/C24H23N5O3S/c30-23(18-11-19-14-27-28-24(19)26-13-18)8-5-17-3-6-21(7-4-17)33(31,32)22-12-20(15-25-16-22)29-9-1-2-10-29/h3-4,6-7,11-16H,1-2,5,8-10H2,(H,26,27,28). The molecule has 9 heteroatoms. The van der Waals surface area contributed by atoms with Gasteiger partial charge >= 0.3 is 0 Å². The normalized spacial score (nSPS) is 14.1. The highest BCUT2D eigenvalue weighted by Crippen LogP contribution is 2.26. The number of pyridine rings is 2. The molecule has 0 bridgehead atoms. The van der Waals surface area contributed by atoms with Crippen molar-refractivity contribution in [3.05, 3.63) is 72.3 Å². The van der Waals surface area contributed by atoms with E-state index in [1.165, 1.54) is 6.20 Å². The maximum absolute atomic E-state index is 13.1. The number of rotatable bonds is 7. The van der Waals surface area contributed by atoms with Crippen LogP contribution in [-0.4, -0.2) is 47.5 Å². The summed E-state index contributed by atoms with van der Waals surface area (Å²) in [5, 5.41) is 7.47. The molecule has 0 unspecified atom stereocenters. The third-order valence-corrected chi connectivity index (χ3v) is 7.70. The number of aryl methyl sites for hydroxylation is 1. The van der Waals surface area contributed by atoms with Crippen LogP contribution in [0.3, 0.4) is 0 Å². The van der Waals surface area contributed by atoms with E-state index in [4.69, 9.17) is 0 Å². The number of sulfone groups is 1. The molecule has 0 spiro atoms. The van der Waals surface area contributed by atoms with Crippen LogP contribution >= 0.6 is 0 Å². The monoisotopic (exact) mass is 461 g/mol. The Morgan fingerprint density at radius 2 is 1.76 bits per heavy atom. The van der Waals surface area contributed by atoms with Gasteiger partial charge in [-0.15, -0.1) is 0 Å². The highest BCUT2D eigenvalue weighted by Gasteiger charge is 2.21. The second-order valence-corrected chi connectivity index (χ2v) is 10.1. The summed E-state index contributed by atoms with van der Waals surface area (Å²) in [6.07, 6.45) is 9.31. The minimum Gasteiger partial charge on any atom is -0.370 e. The zero-order chi connectivity index (χ0) is 22.8. The van der Waals surface area contributed by atoms with Crippen molar-refractivity contribution >= 4 is 32.3 Å². The van der Waals surface area contributed by atoms with Gasteiger partial charge in [-0.05, 0) is 49.1 Å². The number of nitrogens with one attached hydrogen (secondary N) is 1. The minimum atomic E-state index is -3.67. The number of ketones is 1. The van der Waals surface area contributed by atoms with Crippen molar-refractivity contribution in [2.24, 2.45) is 0 Å². The van der Waals surface area contributed by atoms with Crippen molar-refractivity contribution in [3.8, 4) is 0 Å². The van der Waals surface area contributed by atoms with Gasteiger partial charge in [-0.2, -0.15) is 5.10 Å². The Morgan fingerprint density at radius 3 is 2.55 bits per heavy atom. The molecule has 3 aromatic heterocycles. The van der Waals surface area contributed by atoms with Gasteiger partial charge in [0.15, 0.2) is 11.4 Å². The molecule has 1 fully saturated rings. The van der Waals surface area contributed by atoms with Crippen LogP contribution in [0, 0.1) is 0 Å². The predicted octanol–water partition coefficient (Wildman–Crippen LogP) is 3.60. The van der Waals surface area contributed by atoms with Crippen LogP contribution in [0.15, 0.2) is 71.0 Å². The van der Waals surface area contributed by atoms with Gasteiger partial charge in [0.1, 0.15) is 0 Å². The third-order valence-electron chi connectivity index (χ3n) is 5.97. The van der Waals surface area contributed by atoms with Crippen molar-refractivity contribution < 1.29 is 13.2 Å². The Hall–Kier alpha value is -3.59. The number of Topliss-reactive ketones (excluding diaryl/α,β-unsaturated/α-hetero) is 1. The summed E-state index contributed by atoms with van der Waals surface area (Å²) in [6.45, 7) is 1.84. The molecule has 1 saturated heterocycles. The van der Waals surface area contributed by atoms with Crippen molar-refractivity contribution in [1.82, 2.24) is 20.2 Å². The molecule has 0 amide bonds. The zero-order valence-corrected chi connectivity index (χ0v) is 18.8. The lowest BCUT2D eigenvalue weighted by Gasteiger charge is -2.17. The van der Waals surface area contributed by atoms with Crippen molar-refractivity contribution in [3.63, 3.8) is 0 Å². The van der Waals surface area contributed by atoms with E-state index >= 15 is 0 Å². The number of nitrogens with zero attached hydrogens (tertiary/aromatic N) is 4. The first-order valence-corrected chi connectivity index (χ1v) is 12.4. The summed E-state index contributed by atoms with van der Waals surface area (Å²) >= 11 is 0. The Labute approximate surface area is 191 Å². The van der Waals surface area contributed by atoms with Gasteiger partial charge < -0.3 is 4.90 Å². The van der Waals surface area contributed by atoms with Gasteiger partial charge in [-0.3, -0.25) is 14.9 Å². The molecular weight excluding hydrogens is 438 g/mol. The van der Waals surface area contributed by atoms with E-state index in [1.54, 1.807) is 55.0 Å². The van der Waals surface area contributed by atoms with Crippen molar-refractivity contribution in [2.75, 3.05) is 18.0 Å². The number of carbonyl (C=O) groups is 1. The number of anilines is 1. The fourth-order valence-corrected chi connectivity index (χ4v) is 5.31. The average Bonchev–Trinajstić information content (AvgIpc) is 3.55. The minimum absolute atomic E-state index is 0.0212. The molecule has 1 aliphatic heterocycles. The lowest BCUT2D eigenvalue weighted by molar-refractivity contribution is 0.0982. The SMILES string of the molecule is O=C(CCc1ccc(S(=O)(=O)c2cncc(N3CCCC3)c2)cc1)c1cnc2[nH]ncc2c1. The largest absolute Gasteiger partial charge is 0.370 e. The number of hydrogen-bond donors (Lipinski definition) is 1. The fraction of sp³-hybridized carbons (Fsp3) is 0.250. The van der Waals surface area contributed by atoms with Crippen LogP contribution in [0.25, 0.3) is 11.0 Å². The number of fused-ring (bicyclic) bond motifs is 1. The second-order valence-electron chi connectivity index (χ2n) is 8.18. The van der Waals surface area contributed by atoms with Gasteiger partial charge in [-0.1, -0.05) is 12.1 Å². The Bertz CT molecular complexity index is 1410. The highest BCUT2D eigenvalue weighted by molar-refractivity contribution is 7.91. The molecule has 5 rings (SSSR count). The highest BCUT2D eigenvalue weighted by atomic mass is 32.2. The zero-order valence-electron chi connectivity index (χ0n) is 17.9. The topological polar surface area (TPSA) is 109 Å². The van der Waals surface area contributed by atoms with Crippen LogP contribution in [0.1, 0.15) is 35.2 Å². The van der Waals surface area contributed by atoms with E-state index < -0.39 is 9.84 Å². The second kappa shape index (κ2) is 8.74. The van der Waals surface area contributed by atoms with E-state index in [0.29, 0.717) is 24.1 Å². The molecule has 8 nitrogen and oxygen atoms in total. The van der Waals surface area contributed by atoms with Gasteiger partial charge in [0, 0.05) is 42.9 Å².